The summed E-state index contributed by atoms with van der Waals surface area (Å²) in [7, 11) is 0. The third-order valence-corrected chi connectivity index (χ3v) is 7.21. The molecule has 2 saturated carbocycles. The van der Waals surface area contributed by atoms with Gasteiger partial charge in [0, 0.05) is 0 Å². The number of carbonyl (C=O) groups excluding carboxylic acids is 1. The van der Waals surface area contributed by atoms with E-state index >= 15 is 0 Å². The van der Waals surface area contributed by atoms with Gasteiger partial charge in [-0.25, -0.2) is 4.79 Å². The van der Waals surface area contributed by atoms with Crippen molar-refractivity contribution in [3.05, 3.63) is 65.2 Å². The molecule has 182 valence electrons. The van der Waals surface area contributed by atoms with Crippen molar-refractivity contribution in [3.63, 3.8) is 0 Å². The summed E-state index contributed by atoms with van der Waals surface area (Å²) >= 11 is 0. The fourth-order valence-electron chi connectivity index (χ4n) is 5.05. The van der Waals surface area contributed by atoms with Crippen LogP contribution in [0.3, 0.4) is 0 Å². The van der Waals surface area contributed by atoms with Gasteiger partial charge in [-0.2, -0.15) is 0 Å². The fraction of sp³-hybridized carbons (Fsp3) is 0.581. The first-order valence-electron chi connectivity index (χ1n) is 13.5. The van der Waals surface area contributed by atoms with Crippen LogP contribution in [0.25, 0.3) is 0 Å². The van der Waals surface area contributed by atoms with Gasteiger partial charge in [-0.3, -0.25) is 0 Å². The molecule has 0 aliphatic heterocycles. The van der Waals surface area contributed by atoms with Crippen LogP contribution in [0.5, 0.6) is 5.75 Å². The van der Waals surface area contributed by atoms with Crippen LogP contribution in [0.4, 0.5) is 0 Å². The van der Waals surface area contributed by atoms with Crippen molar-refractivity contribution >= 4 is 5.97 Å². The highest BCUT2D eigenvalue weighted by molar-refractivity contribution is 5.91. The highest BCUT2D eigenvalue weighted by Crippen LogP contribution is 2.37. The van der Waals surface area contributed by atoms with Gasteiger partial charge in [-0.15, -0.1) is 0 Å². The Morgan fingerprint density at radius 3 is 1.36 bits per heavy atom. The summed E-state index contributed by atoms with van der Waals surface area (Å²) in [6.45, 7) is 12.7. The average molecular weight is 451 g/mol. The number of benzene rings is 2. The van der Waals surface area contributed by atoms with Gasteiger partial charge in [0.15, 0.2) is 0 Å². The largest absolute Gasteiger partial charge is 0.423 e. The first-order valence-corrected chi connectivity index (χ1v) is 13.5. The van der Waals surface area contributed by atoms with Gasteiger partial charge in [-0.05, 0) is 84.7 Å². The van der Waals surface area contributed by atoms with Gasteiger partial charge in [0.1, 0.15) is 5.75 Å². The maximum absolute atomic E-state index is 12.5. The van der Waals surface area contributed by atoms with Crippen molar-refractivity contribution in [1.82, 2.24) is 0 Å². The first-order chi connectivity index (χ1) is 16.1. The van der Waals surface area contributed by atoms with E-state index in [0.717, 1.165) is 11.8 Å². The topological polar surface area (TPSA) is 26.3 Å². The number of carbonyl (C=O) groups is 1. The highest BCUT2D eigenvalue weighted by atomic mass is 16.5. The van der Waals surface area contributed by atoms with E-state index < -0.39 is 0 Å². The molecule has 33 heavy (non-hydrogen) atoms. The highest BCUT2D eigenvalue weighted by Gasteiger charge is 2.21. The Labute approximate surface area is 203 Å². The van der Waals surface area contributed by atoms with Crippen molar-refractivity contribution in [2.75, 3.05) is 0 Å². The zero-order chi connectivity index (χ0) is 24.2. The first kappa shape index (κ1) is 27.2. The molecule has 0 amide bonds. The predicted octanol–water partition coefficient (Wildman–Crippen LogP) is 9.55. The summed E-state index contributed by atoms with van der Waals surface area (Å²) < 4.78 is 5.62. The van der Waals surface area contributed by atoms with E-state index in [2.05, 4.69) is 38.1 Å². The second-order valence-corrected chi connectivity index (χ2v) is 9.49. The van der Waals surface area contributed by atoms with E-state index in [-0.39, 0.29) is 5.97 Å². The SMILES string of the molecule is CC.CC.CC1CCC(c2ccc(OC(=O)c3ccc(C4CCC(C)CC4)cc3)cc2)CC1. The number of hydrogen-bond acceptors (Lipinski definition) is 2. The van der Waals surface area contributed by atoms with Gasteiger partial charge in [0.05, 0.1) is 5.56 Å². The van der Waals surface area contributed by atoms with Crippen molar-refractivity contribution in [2.24, 2.45) is 11.8 Å². The van der Waals surface area contributed by atoms with E-state index in [1.54, 1.807) is 0 Å². The van der Waals surface area contributed by atoms with Gasteiger partial charge in [-0.1, -0.05) is 91.5 Å². The Kier molecular flexibility index (Phi) is 11.7. The number of hydrogen-bond donors (Lipinski definition) is 0. The molecule has 0 atom stereocenters. The van der Waals surface area contributed by atoms with Crippen LogP contribution >= 0.6 is 0 Å². The van der Waals surface area contributed by atoms with Crippen LogP contribution in [0, 0.1) is 11.8 Å². The van der Waals surface area contributed by atoms with Crippen LogP contribution in [-0.4, -0.2) is 5.97 Å². The summed E-state index contributed by atoms with van der Waals surface area (Å²) in [4.78, 5) is 12.5. The molecule has 0 saturated heterocycles. The molecule has 2 nitrogen and oxygen atoms in total. The molecule has 2 aromatic rings. The Morgan fingerprint density at radius 1 is 0.606 bits per heavy atom. The quantitative estimate of drug-likeness (QED) is 0.342. The summed E-state index contributed by atoms with van der Waals surface area (Å²) in [5.41, 5.74) is 3.37. The average Bonchev–Trinajstić information content (AvgIpc) is 2.88. The molecule has 0 unspecified atom stereocenters. The van der Waals surface area contributed by atoms with Crippen molar-refractivity contribution in [1.29, 1.82) is 0 Å². The Morgan fingerprint density at radius 2 is 0.970 bits per heavy atom. The van der Waals surface area contributed by atoms with E-state index in [4.69, 9.17) is 4.74 Å². The minimum Gasteiger partial charge on any atom is -0.423 e. The lowest BCUT2D eigenvalue weighted by molar-refractivity contribution is 0.0734. The summed E-state index contributed by atoms with van der Waals surface area (Å²) in [6.07, 6.45) is 10.3. The zero-order valence-corrected chi connectivity index (χ0v) is 21.9. The summed E-state index contributed by atoms with van der Waals surface area (Å²) in [6, 6.07) is 16.2. The molecule has 2 fully saturated rings. The van der Waals surface area contributed by atoms with Crippen molar-refractivity contribution < 1.29 is 9.53 Å². The molecule has 4 rings (SSSR count). The maximum atomic E-state index is 12.5. The maximum Gasteiger partial charge on any atom is 0.343 e. The lowest BCUT2D eigenvalue weighted by Gasteiger charge is -2.26. The number of esters is 1. The minimum absolute atomic E-state index is 0.270. The predicted molar refractivity (Wildman–Crippen MR) is 141 cm³/mol. The molecule has 0 heterocycles. The molecule has 2 aromatic carbocycles. The van der Waals surface area contributed by atoms with Crippen molar-refractivity contribution in [3.8, 4) is 5.75 Å². The molecule has 2 aliphatic carbocycles. The van der Waals surface area contributed by atoms with Gasteiger partial charge >= 0.3 is 5.97 Å². The third-order valence-electron chi connectivity index (χ3n) is 7.21. The second kappa shape index (κ2) is 14.2. The monoisotopic (exact) mass is 450 g/mol. The lowest BCUT2D eigenvalue weighted by atomic mass is 9.79. The molecule has 0 radical (unpaired) electrons. The molecule has 0 spiro atoms. The smallest absolute Gasteiger partial charge is 0.343 e. The second-order valence-electron chi connectivity index (χ2n) is 9.49. The van der Waals surface area contributed by atoms with Crippen LogP contribution in [0.15, 0.2) is 48.5 Å². The standard InChI is InChI=1S/C27H34O2.2C2H6/c1-19-3-7-21(8-4-19)23-11-13-25(14-12-23)27(28)29-26-17-15-24(16-18-26)22-9-5-20(2)6-10-22;2*1-2/h11-22H,3-10H2,1-2H3;2*1-2H3. The number of rotatable bonds is 4. The number of ether oxygens (including phenoxy) is 1. The molecule has 0 aromatic heterocycles. The van der Waals surface area contributed by atoms with E-state index in [1.807, 2.05) is 52.0 Å². The third kappa shape index (κ3) is 8.02. The van der Waals surface area contributed by atoms with E-state index in [1.165, 1.54) is 62.5 Å². The molecule has 0 bridgehead atoms. The van der Waals surface area contributed by atoms with E-state index in [9.17, 15) is 4.79 Å². The normalized spacial score (nSPS) is 24.4. The lowest BCUT2D eigenvalue weighted by Crippen LogP contribution is -2.12. The fourth-order valence-corrected chi connectivity index (χ4v) is 5.05. The Bertz CT molecular complexity index is 790. The molecular formula is C31H46O2. The van der Waals surface area contributed by atoms with Crippen LogP contribution in [-0.2, 0) is 0 Å². The van der Waals surface area contributed by atoms with Crippen molar-refractivity contribution in [2.45, 2.75) is 105 Å². The van der Waals surface area contributed by atoms with Gasteiger partial charge in [0.25, 0.3) is 0 Å². The van der Waals surface area contributed by atoms with Gasteiger partial charge in [0.2, 0.25) is 0 Å². The van der Waals surface area contributed by atoms with Crippen LogP contribution in [0.1, 0.15) is 126 Å². The van der Waals surface area contributed by atoms with Crippen LogP contribution in [0.2, 0.25) is 0 Å². The van der Waals surface area contributed by atoms with Crippen LogP contribution < -0.4 is 4.74 Å². The minimum atomic E-state index is -0.270. The molecular weight excluding hydrogens is 404 g/mol. The molecule has 2 aliphatic rings. The summed E-state index contributed by atoms with van der Waals surface area (Å²) in [5.74, 6) is 3.38. The molecule has 0 N–H and O–H groups in total. The Hall–Kier alpha value is -2.09. The zero-order valence-electron chi connectivity index (χ0n) is 21.9. The molecule has 2 heteroatoms. The van der Waals surface area contributed by atoms with E-state index in [0.29, 0.717) is 23.1 Å². The summed E-state index contributed by atoms with van der Waals surface area (Å²) in [5, 5.41) is 0. The van der Waals surface area contributed by atoms with Gasteiger partial charge < -0.3 is 4.74 Å². The Balaban J connectivity index is 0.000000914.